The Labute approximate surface area is 171 Å². The van der Waals surface area contributed by atoms with Gasteiger partial charge in [-0.2, -0.15) is 8.42 Å². The molecule has 0 aromatic carbocycles. The molecule has 0 heterocycles. The largest absolute Gasteiger partial charge is 2.00 e. The minimum atomic E-state index is -5.17. The summed E-state index contributed by atoms with van der Waals surface area (Å²) in [5.41, 5.74) is 0. The van der Waals surface area contributed by atoms with Crippen molar-refractivity contribution in [3.63, 3.8) is 0 Å². The zero-order valence-corrected chi connectivity index (χ0v) is 15.2. The molecule has 18 heteroatoms. The van der Waals surface area contributed by atoms with Crippen LogP contribution in [0.1, 0.15) is 0 Å². The molecule has 0 aromatic heterocycles. The molecule has 0 radical (unpaired) electrons. The number of carbonyl (C=O) groups is 2. The summed E-state index contributed by atoms with van der Waals surface area (Å²) in [7, 11) is -9.83. The SMILES string of the molecule is O=C([O-])O.O=C([O-])O.O=S(=O)(O)O.O=S(=O)([O-])[O-].[Ca+2].[Ca+2]. The van der Waals surface area contributed by atoms with Crippen molar-refractivity contribution in [2.24, 2.45) is 0 Å². The smallest absolute Gasteiger partial charge is 0.759 e. The average molecular weight is 396 g/mol. The first-order valence-corrected chi connectivity index (χ1v) is 5.36. The van der Waals surface area contributed by atoms with E-state index in [-0.39, 0.29) is 75.5 Å². The third kappa shape index (κ3) is 9320. The second-order valence-corrected chi connectivity index (χ2v) is 3.10. The van der Waals surface area contributed by atoms with E-state index in [2.05, 4.69) is 0 Å². The Morgan fingerprint density at radius 3 is 0.750 bits per heavy atom. The van der Waals surface area contributed by atoms with Crippen LogP contribution in [0, 0.1) is 0 Å². The molecule has 0 aliphatic heterocycles. The Bertz CT molecular complexity index is 354. The maximum atomic E-state index is 8.74. The first kappa shape index (κ1) is 37.2. The fourth-order valence-electron chi connectivity index (χ4n) is 0. The van der Waals surface area contributed by atoms with Gasteiger partial charge in [0.15, 0.2) is 0 Å². The summed E-state index contributed by atoms with van der Waals surface area (Å²) in [6.45, 7) is 0. The second-order valence-electron chi connectivity index (χ2n) is 1.39. The van der Waals surface area contributed by atoms with Gasteiger partial charge in [0.1, 0.15) is 0 Å². The van der Waals surface area contributed by atoms with Crippen molar-refractivity contribution in [2.45, 2.75) is 0 Å². The Balaban J connectivity index is -0.0000000318. The minimum absolute atomic E-state index is 0. The monoisotopic (exact) mass is 396 g/mol. The molecule has 0 aromatic rings. The molecule has 0 bridgehead atoms. The van der Waals surface area contributed by atoms with Crippen LogP contribution in [0.15, 0.2) is 0 Å². The van der Waals surface area contributed by atoms with Gasteiger partial charge >= 0.3 is 85.9 Å². The number of rotatable bonds is 0. The van der Waals surface area contributed by atoms with Gasteiger partial charge in [-0.3, -0.25) is 17.5 Å². The fourth-order valence-corrected chi connectivity index (χ4v) is 0. The topological polar surface area (TPSA) is 276 Å². The summed E-state index contributed by atoms with van der Waals surface area (Å²) in [4.78, 5) is 16.9. The van der Waals surface area contributed by atoms with Crippen LogP contribution in [0.2, 0.25) is 0 Å². The fraction of sp³-hybridized carbons (Fsp3) is 0. The van der Waals surface area contributed by atoms with Gasteiger partial charge in [-0.1, -0.05) is 0 Å². The van der Waals surface area contributed by atoms with Crippen molar-refractivity contribution in [3.8, 4) is 0 Å². The Morgan fingerprint density at radius 2 is 0.750 bits per heavy atom. The van der Waals surface area contributed by atoms with Gasteiger partial charge in [-0.15, -0.1) is 0 Å². The Hall–Kier alpha value is 0.799. The van der Waals surface area contributed by atoms with Crippen LogP contribution in [0.4, 0.5) is 9.59 Å². The summed E-state index contributed by atoms with van der Waals surface area (Å²) in [5, 5.41) is 30.6. The van der Waals surface area contributed by atoms with Crippen LogP contribution < -0.4 is 10.2 Å². The molecule has 0 saturated heterocycles. The van der Waals surface area contributed by atoms with E-state index in [1.165, 1.54) is 0 Å². The van der Waals surface area contributed by atoms with Crippen LogP contribution in [0.5, 0.6) is 0 Å². The molecule has 20 heavy (non-hydrogen) atoms. The molecule has 0 atom stereocenters. The van der Waals surface area contributed by atoms with Crippen molar-refractivity contribution < 1.29 is 65.1 Å². The first-order valence-electron chi connectivity index (χ1n) is 2.63. The third-order valence-corrected chi connectivity index (χ3v) is 0. The van der Waals surface area contributed by atoms with E-state index in [0.29, 0.717) is 0 Å². The molecule has 14 nitrogen and oxygen atoms in total. The van der Waals surface area contributed by atoms with E-state index in [1.807, 2.05) is 0 Å². The third-order valence-electron chi connectivity index (χ3n) is 0. The normalized spacial score (nSPS) is 8.20. The number of hydrogen-bond acceptors (Lipinski definition) is 10. The van der Waals surface area contributed by atoms with Crippen LogP contribution in [-0.2, 0) is 20.8 Å². The minimum Gasteiger partial charge on any atom is -0.759 e. The van der Waals surface area contributed by atoms with Crippen LogP contribution in [0.3, 0.4) is 0 Å². The molecule has 0 aliphatic carbocycles. The quantitative estimate of drug-likeness (QED) is 0.169. The standard InChI is InChI=1S/2CH2O3.2Ca.2H2O4S/c2*2-1(3)4;;;2*1-5(2,3)4/h2*(H2,2,3,4);;;2*(H2,1,2,3,4)/q;;2*+2;;/p-4. The van der Waals surface area contributed by atoms with Crippen LogP contribution >= 0.6 is 0 Å². The van der Waals surface area contributed by atoms with E-state index < -0.39 is 33.1 Å². The van der Waals surface area contributed by atoms with Crippen LogP contribution in [-0.4, -0.2) is 133 Å². The Morgan fingerprint density at radius 1 is 0.750 bits per heavy atom. The molecule has 0 fully saturated rings. The average Bonchev–Trinajstić information content (AvgIpc) is 1.70. The first-order chi connectivity index (χ1) is 7.46. The number of carboxylic acid groups (broad SMARTS) is 4. The van der Waals surface area contributed by atoms with Gasteiger partial charge in [0, 0.05) is 10.4 Å². The molecule has 0 aliphatic rings. The van der Waals surface area contributed by atoms with E-state index in [1.54, 1.807) is 0 Å². The molecule has 0 spiro atoms. The van der Waals surface area contributed by atoms with E-state index in [0.717, 1.165) is 0 Å². The summed E-state index contributed by atoms with van der Waals surface area (Å²) in [6.07, 6.45) is -4.17. The van der Waals surface area contributed by atoms with Crippen molar-refractivity contribution in [3.05, 3.63) is 0 Å². The van der Waals surface area contributed by atoms with Crippen LogP contribution in [0.25, 0.3) is 0 Å². The van der Waals surface area contributed by atoms with E-state index >= 15 is 0 Å². The van der Waals surface area contributed by atoms with Crippen molar-refractivity contribution in [1.82, 2.24) is 0 Å². The van der Waals surface area contributed by atoms with Crippen molar-refractivity contribution in [2.75, 3.05) is 0 Å². The van der Waals surface area contributed by atoms with Gasteiger partial charge < -0.3 is 39.1 Å². The molecule has 0 amide bonds. The van der Waals surface area contributed by atoms with Gasteiger partial charge in [-0.05, 0) is 0 Å². The van der Waals surface area contributed by atoms with Gasteiger partial charge in [0.25, 0.3) is 0 Å². The molecular formula is C2H4Ca2O14S2. The molecule has 112 valence electrons. The summed E-state index contributed by atoms with van der Waals surface area (Å²) in [5.74, 6) is 0. The molecular weight excluding hydrogens is 392 g/mol. The summed E-state index contributed by atoms with van der Waals surface area (Å²) >= 11 is 0. The summed E-state index contributed by atoms with van der Waals surface area (Å²) in [6, 6.07) is 0. The maximum absolute atomic E-state index is 8.74. The molecule has 0 unspecified atom stereocenters. The second kappa shape index (κ2) is 19.8. The predicted molar refractivity (Wildman–Crippen MR) is 52.2 cm³/mol. The van der Waals surface area contributed by atoms with Crippen molar-refractivity contribution >= 4 is 109 Å². The van der Waals surface area contributed by atoms with E-state index in [4.69, 9.17) is 65.1 Å². The van der Waals surface area contributed by atoms with Gasteiger partial charge in [-0.25, -0.2) is 0 Å². The van der Waals surface area contributed by atoms with Crippen molar-refractivity contribution in [1.29, 1.82) is 0 Å². The zero-order valence-electron chi connectivity index (χ0n) is 9.10. The van der Waals surface area contributed by atoms with E-state index in [9.17, 15) is 0 Å². The molecule has 0 saturated carbocycles. The number of hydrogen-bond donors (Lipinski definition) is 4. The molecule has 4 N–H and O–H groups in total. The molecule has 0 rings (SSSR count). The predicted octanol–water partition coefficient (Wildman–Crippen LogP) is -4.98. The maximum Gasteiger partial charge on any atom is 2.00 e. The Kier molecular flexibility index (Phi) is 36.9. The van der Waals surface area contributed by atoms with Gasteiger partial charge in [0.2, 0.25) is 12.3 Å². The summed E-state index contributed by atoms with van der Waals surface area (Å²) < 4.78 is 65.7. The zero-order chi connectivity index (χ0) is 16.2. The van der Waals surface area contributed by atoms with Gasteiger partial charge in [0.05, 0.1) is 0 Å².